The van der Waals surface area contributed by atoms with Gasteiger partial charge >= 0.3 is 0 Å². The summed E-state index contributed by atoms with van der Waals surface area (Å²) in [5.74, 6) is 0. The summed E-state index contributed by atoms with van der Waals surface area (Å²) in [5.41, 5.74) is 0. The number of rotatable bonds is 9. The standard InChI is InChI=1S/C11H25NO/c1-4-6-8-11(5-2)12-9-7-10-13-3/h11-12H,4-10H2,1-3H3. The quantitative estimate of drug-likeness (QED) is 0.560. The van der Waals surface area contributed by atoms with Crippen LogP contribution < -0.4 is 5.32 Å². The highest BCUT2D eigenvalue weighted by Gasteiger charge is 2.03. The molecule has 0 aliphatic carbocycles. The molecule has 0 saturated carbocycles. The molecule has 0 aliphatic rings. The smallest absolute Gasteiger partial charge is 0.0474 e. The molecule has 0 aromatic carbocycles. The van der Waals surface area contributed by atoms with Gasteiger partial charge in [0.1, 0.15) is 0 Å². The SMILES string of the molecule is CCCCC(CC)NCCCOC. The van der Waals surface area contributed by atoms with E-state index in [-0.39, 0.29) is 0 Å². The van der Waals surface area contributed by atoms with Gasteiger partial charge in [-0.05, 0) is 25.8 Å². The van der Waals surface area contributed by atoms with Gasteiger partial charge in [-0.3, -0.25) is 0 Å². The van der Waals surface area contributed by atoms with Crippen molar-refractivity contribution in [3.8, 4) is 0 Å². The van der Waals surface area contributed by atoms with Gasteiger partial charge in [0.25, 0.3) is 0 Å². The van der Waals surface area contributed by atoms with Crippen molar-refractivity contribution in [1.82, 2.24) is 5.32 Å². The van der Waals surface area contributed by atoms with Gasteiger partial charge in [0.05, 0.1) is 0 Å². The lowest BCUT2D eigenvalue weighted by molar-refractivity contribution is 0.192. The third-order valence-electron chi connectivity index (χ3n) is 2.36. The van der Waals surface area contributed by atoms with Gasteiger partial charge in [0, 0.05) is 19.8 Å². The van der Waals surface area contributed by atoms with Crippen LogP contribution in [0, 0.1) is 0 Å². The highest BCUT2D eigenvalue weighted by molar-refractivity contribution is 4.64. The van der Waals surface area contributed by atoms with E-state index in [1.54, 1.807) is 7.11 Å². The van der Waals surface area contributed by atoms with E-state index in [0.717, 1.165) is 25.6 Å². The van der Waals surface area contributed by atoms with Crippen LogP contribution in [0.2, 0.25) is 0 Å². The maximum atomic E-state index is 5.00. The van der Waals surface area contributed by atoms with E-state index in [1.165, 1.54) is 25.7 Å². The van der Waals surface area contributed by atoms with Gasteiger partial charge in [-0.2, -0.15) is 0 Å². The molecule has 2 nitrogen and oxygen atoms in total. The Morgan fingerprint density at radius 2 is 2.00 bits per heavy atom. The number of hydrogen-bond donors (Lipinski definition) is 1. The van der Waals surface area contributed by atoms with Crippen molar-refractivity contribution in [1.29, 1.82) is 0 Å². The van der Waals surface area contributed by atoms with Gasteiger partial charge in [-0.15, -0.1) is 0 Å². The Bertz CT molecular complexity index is 96.1. The minimum atomic E-state index is 0.719. The molecule has 0 amide bonds. The molecule has 1 N–H and O–H groups in total. The fraction of sp³-hybridized carbons (Fsp3) is 1.00. The Morgan fingerprint density at radius 3 is 2.54 bits per heavy atom. The molecule has 0 heterocycles. The van der Waals surface area contributed by atoms with E-state index in [1.807, 2.05) is 0 Å². The topological polar surface area (TPSA) is 21.3 Å². The van der Waals surface area contributed by atoms with Crippen LogP contribution >= 0.6 is 0 Å². The zero-order valence-corrected chi connectivity index (χ0v) is 9.44. The van der Waals surface area contributed by atoms with Crippen molar-refractivity contribution in [3.05, 3.63) is 0 Å². The first-order valence-electron chi connectivity index (χ1n) is 5.57. The normalized spacial score (nSPS) is 13.2. The highest BCUT2D eigenvalue weighted by Crippen LogP contribution is 2.03. The molecule has 1 unspecified atom stereocenters. The van der Waals surface area contributed by atoms with Crippen molar-refractivity contribution in [3.63, 3.8) is 0 Å². The third kappa shape index (κ3) is 8.26. The fourth-order valence-corrected chi connectivity index (χ4v) is 1.42. The molecule has 2 heteroatoms. The lowest BCUT2D eigenvalue weighted by Crippen LogP contribution is -2.29. The monoisotopic (exact) mass is 187 g/mol. The Labute approximate surface area is 83.1 Å². The molecule has 0 spiro atoms. The Kier molecular flexibility index (Phi) is 9.94. The summed E-state index contributed by atoms with van der Waals surface area (Å²) in [5, 5.41) is 3.56. The van der Waals surface area contributed by atoms with Crippen LogP contribution in [0.1, 0.15) is 46.0 Å². The van der Waals surface area contributed by atoms with Gasteiger partial charge in [0.2, 0.25) is 0 Å². The molecule has 0 rings (SSSR count). The predicted octanol–water partition coefficient (Wildman–Crippen LogP) is 2.58. The number of nitrogens with one attached hydrogen (secondary N) is 1. The molecular formula is C11H25NO. The summed E-state index contributed by atoms with van der Waals surface area (Å²) in [6.07, 6.45) is 6.33. The summed E-state index contributed by atoms with van der Waals surface area (Å²) in [4.78, 5) is 0. The number of methoxy groups -OCH3 is 1. The van der Waals surface area contributed by atoms with Crippen LogP contribution in [0.5, 0.6) is 0 Å². The van der Waals surface area contributed by atoms with Gasteiger partial charge in [-0.1, -0.05) is 26.7 Å². The molecule has 0 bridgehead atoms. The Morgan fingerprint density at radius 1 is 1.23 bits per heavy atom. The minimum Gasteiger partial charge on any atom is -0.385 e. The van der Waals surface area contributed by atoms with E-state index >= 15 is 0 Å². The molecule has 0 fully saturated rings. The largest absolute Gasteiger partial charge is 0.385 e. The first-order valence-corrected chi connectivity index (χ1v) is 5.57. The second-order valence-electron chi connectivity index (χ2n) is 3.55. The second kappa shape index (κ2) is 10.0. The number of hydrogen-bond acceptors (Lipinski definition) is 2. The summed E-state index contributed by atoms with van der Waals surface area (Å²) in [6, 6.07) is 0.719. The lowest BCUT2D eigenvalue weighted by atomic mass is 10.1. The van der Waals surface area contributed by atoms with Crippen LogP contribution in [0.25, 0.3) is 0 Å². The summed E-state index contributed by atoms with van der Waals surface area (Å²) in [7, 11) is 1.76. The van der Waals surface area contributed by atoms with Crippen molar-refractivity contribution in [2.75, 3.05) is 20.3 Å². The first-order chi connectivity index (χ1) is 6.35. The van der Waals surface area contributed by atoms with Crippen LogP contribution in [0.4, 0.5) is 0 Å². The molecule has 0 aromatic heterocycles. The highest BCUT2D eigenvalue weighted by atomic mass is 16.5. The Hall–Kier alpha value is -0.0800. The van der Waals surface area contributed by atoms with E-state index in [4.69, 9.17) is 4.74 Å². The van der Waals surface area contributed by atoms with Crippen molar-refractivity contribution in [2.24, 2.45) is 0 Å². The molecule has 0 radical (unpaired) electrons. The van der Waals surface area contributed by atoms with E-state index in [9.17, 15) is 0 Å². The van der Waals surface area contributed by atoms with Crippen LogP contribution in [-0.2, 0) is 4.74 Å². The zero-order valence-electron chi connectivity index (χ0n) is 9.44. The summed E-state index contributed by atoms with van der Waals surface area (Å²) < 4.78 is 5.00. The summed E-state index contributed by atoms with van der Waals surface area (Å²) >= 11 is 0. The second-order valence-corrected chi connectivity index (χ2v) is 3.55. The molecule has 0 aliphatic heterocycles. The molecular weight excluding hydrogens is 162 g/mol. The summed E-state index contributed by atoms with van der Waals surface area (Å²) in [6.45, 7) is 6.47. The van der Waals surface area contributed by atoms with E-state index in [2.05, 4.69) is 19.2 Å². The number of unbranched alkanes of at least 4 members (excludes halogenated alkanes) is 1. The van der Waals surface area contributed by atoms with Gasteiger partial charge in [-0.25, -0.2) is 0 Å². The first kappa shape index (κ1) is 12.9. The minimum absolute atomic E-state index is 0.719. The van der Waals surface area contributed by atoms with Crippen molar-refractivity contribution in [2.45, 2.75) is 52.0 Å². The number of ether oxygens (including phenoxy) is 1. The molecule has 80 valence electrons. The van der Waals surface area contributed by atoms with E-state index < -0.39 is 0 Å². The molecule has 1 atom stereocenters. The van der Waals surface area contributed by atoms with Crippen molar-refractivity contribution >= 4 is 0 Å². The zero-order chi connectivity index (χ0) is 9.94. The van der Waals surface area contributed by atoms with Gasteiger partial charge in [0.15, 0.2) is 0 Å². The predicted molar refractivity (Wildman–Crippen MR) is 58.1 cm³/mol. The third-order valence-corrected chi connectivity index (χ3v) is 2.36. The Balaban J connectivity index is 3.25. The molecule has 13 heavy (non-hydrogen) atoms. The van der Waals surface area contributed by atoms with Crippen molar-refractivity contribution < 1.29 is 4.74 Å². The fourth-order valence-electron chi connectivity index (χ4n) is 1.42. The molecule has 0 saturated heterocycles. The van der Waals surface area contributed by atoms with E-state index in [0.29, 0.717) is 0 Å². The maximum absolute atomic E-state index is 5.00. The lowest BCUT2D eigenvalue weighted by Gasteiger charge is -2.16. The average Bonchev–Trinajstić information content (AvgIpc) is 2.17. The van der Waals surface area contributed by atoms with Crippen LogP contribution in [0.3, 0.4) is 0 Å². The van der Waals surface area contributed by atoms with Crippen LogP contribution in [-0.4, -0.2) is 26.3 Å². The molecule has 0 aromatic rings. The maximum Gasteiger partial charge on any atom is 0.0474 e. The van der Waals surface area contributed by atoms with Gasteiger partial charge < -0.3 is 10.1 Å². The average molecular weight is 187 g/mol. The van der Waals surface area contributed by atoms with Crippen LogP contribution in [0.15, 0.2) is 0 Å².